The van der Waals surface area contributed by atoms with Gasteiger partial charge >= 0.3 is 12.0 Å². The number of amides is 3. The van der Waals surface area contributed by atoms with Gasteiger partial charge in [0.25, 0.3) is 5.91 Å². The van der Waals surface area contributed by atoms with Gasteiger partial charge in [0.2, 0.25) is 0 Å². The molecule has 0 aromatic heterocycles. The van der Waals surface area contributed by atoms with Crippen molar-refractivity contribution in [1.29, 1.82) is 0 Å². The van der Waals surface area contributed by atoms with Crippen LogP contribution >= 0.6 is 0 Å². The Bertz CT molecular complexity index is 960. The van der Waals surface area contributed by atoms with E-state index in [9.17, 15) is 23.9 Å². The highest BCUT2D eigenvalue weighted by Crippen LogP contribution is 2.22. The van der Waals surface area contributed by atoms with Crippen LogP contribution in [0.1, 0.15) is 33.1 Å². The van der Waals surface area contributed by atoms with Crippen LogP contribution in [-0.2, 0) is 4.79 Å². The second-order valence-electron chi connectivity index (χ2n) is 6.64. The molecular weight excluding hydrogens is 365 g/mol. The van der Waals surface area contributed by atoms with E-state index in [1.165, 1.54) is 17.0 Å². The molecule has 2 aromatic carbocycles. The molecule has 2 aromatic rings. The molecule has 1 atom stereocenters. The van der Waals surface area contributed by atoms with Gasteiger partial charge in [0.1, 0.15) is 5.82 Å². The normalized spacial score (nSPS) is 14.5. The topological polar surface area (TPSA) is 98.7 Å². The number of benzene rings is 2. The van der Waals surface area contributed by atoms with Gasteiger partial charge in [0.05, 0.1) is 5.56 Å². The molecule has 0 aliphatic carbocycles. The van der Waals surface area contributed by atoms with E-state index in [1.54, 1.807) is 18.2 Å². The molecular formula is C20H20FN3O4. The molecule has 1 heterocycles. The first-order valence-electron chi connectivity index (χ1n) is 8.73. The summed E-state index contributed by atoms with van der Waals surface area (Å²) in [6, 6.07) is 7.12. The number of carboxylic acids is 1. The van der Waals surface area contributed by atoms with Crippen molar-refractivity contribution in [2.75, 3.05) is 18.0 Å². The molecule has 1 fully saturated rings. The average Bonchev–Trinajstić information content (AvgIpc) is 3.08. The fourth-order valence-electron chi connectivity index (χ4n) is 3.01. The summed E-state index contributed by atoms with van der Waals surface area (Å²) in [5.41, 5.74) is 2.29. The highest BCUT2D eigenvalue weighted by molar-refractivity contribution is 6.00. The monoisotopic (exact) mass is 385 g/mol. The second kappa shape index (κ2) is 7.67. The number of hydrogen-bond acceptors (Lipinski definition) is 3. The summed E-state index contributed by atoms with van der Waals surface area (Å²) < 4.78 is 14.2. The molecule has 8 heteroatoms. The molecule has 3 rings (SSSR count). The van der Waals surface area contributed by atoms with Gasteiger partial charge < -0.3 is 15.7 Å². The number of rotatable bonds is 5. The van der Waals surface area contributed by atoms with Crippen molar-refractivity contribution in [3.8, 4) is 0 Å². The maximum Gasteiger partial charge on any atom is 0.330 e. The summed E-state index contributed by atoms with van der Waals surface area (Å²) in [5.74, 6) is -2.93. The van der Waals surface area contributed by atoms with Gasteiger partial charge in [0, 0.05) is 18.8 Å². The zero-order valence-corrected chi connectivity index (χ0v) is 15.5. The number of nitrogens with one attached hydrogen (secondary N) is 2. The van der Waals surface area contributed by atoms with E-state index in [4.69, 9.17) is 0 Å². The van der Waals surface area contributed by atoms with Crippen molar-refractivity contribution < 1.29 is 23.9 Å². The summed E-state index contributed by atoms with van der Waals surface area (Å²) in [6.45, 7) is 4.57. The van der Waals surface area contributed by atoms with Crippen LogP contribution in [0.3, 0.4) is 0 Å². The number of anilines is 1. The van der Waals surface area contributed by atoms with Gasteiger partial charge in [-0.25, -0.2) is 14.0 Å². The minimum atomic E-state index is -1.33. The summed E-state index contributed by atoms with van der Waals surface area (Å²) in [6.07, 6.45) is 0. The maximum atomic E-state index is 14.2. The number of urea groups is 1. The number of carbonyl (C=O) groups excluding carboxylic acids is 2. The van der Waals surface area contributed by atoms with Gasteiger partial charge in [-0.3, -0.25) is 9.69 Å². The summed E-state index contributed by atoms with van der Waals surface area (Å²) in [7, 11) is 0. The molecule has 3 amide bonds. The SMILES string of the molecule is Cc1ccc(C(NC(=O)c2cc(N3CCNC3=O)ccc2F)C(=O)O)cc1C. The molecule has 0 radical (unpaired) electrons. The molecule has 1 saturated heterocycles. The number of hydrogen-bond donors (Lipinski definition) is 3. The van der Waals surface area contributed by atoms with Crippen LogP contribution in [0.4, 0.5) is 14.9 Å². The van der Waals surface area contributed by atoms with Crippen LogP contribution in [0.5, 0.6) is 0 Å². The van der Waals surface area contributed by atoms with Crippen LogP contribution < -0.4 is 15.5 Å². The van der Waals surface area contributed by atoms with Crippen molar-refractivity contribution in [2.45, 2.75) is 19.9 Å². The highest BCUT2D eigenvalue weighted by Gasteiger charge is 2.26. The lowest BCUT2D eigenvalue weighted by molar-refractivity contribution is -0.139. The van der Waals surface area contributed by atoms with Crippen molar-refractivity contribution in [3.05, 3.63) is 64.5 Å². The first kappa shape index (κ1) is 19.3. The van der Waals surface area contributed by atoms with Crippen molar-refractivity contribution in [3.63, 3.8) is 0 Å². The smallest absolute Gasteiger partial charge is 0.330 e. The van der Waals surface area contributed by atoms with Crippen LogP contribution in [0, 0.1) is 19.7 Å². The first-order chi connectivity index (χ1) is 13.3. The third kappa shape index (κ3) is 3.80. The van der Waals surface area contributed by atoms with E-state index in [2.05, 4.69) is 10.6 Å². The molecule has 3 N–H and O–H groups in total. The van der Waals surface area contributed by atoms with Gasteiger partial charge in [-0.15, -0.1) is 0 Å². The Morgan fingerprint density at radius 3 is 2.54 bits per heavy atom. The van der Waals surface area contributed by atoms with E-state index in [0.717, 1.165) is 17.2 Å². The average molecular weight is 385 g/mol. The van der Waals surface area contributed by atoms with Crippen LogP contribution in [0.25, 0.3) is 0 Å². The van der Waals surface area contributed by atoms with Crippen molar-refractivity contribution in [1.82, 2.24) is 10.6 Å². The van der Waals surface area contributed by atoms with E-state index in [0.29, 0.717) is 24.3 Å². The lowest BCUT2D eigenvalue weighted by atomic mass is 10.0. The Morgan fingerprint density at radius 1 is 1.18 bits per heavy atom. The van der Waals surface area contributed by atoms with Crippen molar-refractivity contribution in [2.24, 2.45) is 0 Å². The Labute approximate surface area is 161 Å². The number of carboxylic acid groups (broad SMARTS) is 1. The maximum absolute atomic E-state index is 14.2. The zero-order valence-electron chi connectivity index (χ0n) is 15.5. The van der Waals surface area contributed by atoms with E-state index >= 15 is 0 Å². The molecule has 28 heavy (non-hydrogen) atoms. The van der Waals surface area contributed by atoms with Crippen LogP contribution in [0.15, 0.2) is 36.4 Å². The zero-order chi connectivity index (χ0) is 20.4. The number of carbonyl (C=O) groups is 3. The minimum Gasteiger partial charge on any atom is -0.479 e. The first-order valence-corrected chi connectivity index (χ1v) is 8.73. The quantitative estimate of drug-likeness (QED) is 0.737. The summed E-state index contributed by atoms with van der Waals surface area (Å²) in [5, 5.41) is 14.5. The highest BCUT2D eigenvalue weighted by atomic mass is 19.1. The number of halogens is 1. The van der Waals surface area contributed by atoms with Gasteiger partial charge in [-0.05, 0) is 48.7 Å². The Hall–Kier alpha value is -3.42. The third-order valence-electron chi connectivity index (χ3n) is 4.75. The molecule has 146 valence electrons. The van der Waals surface area contributed by atoms with Crippen molar-refractivity contribution >= 4 is 23.6 Å². The van der Waals surface area contributed by atoms with Gasteiger partial charge in [0.15, 0.2) is 6.04 Å². The molecule has 7 nitrogen and oxygen atoms in total. The second-order valence-corrected chi connectivity index (χ2v) is 6.64. The number of nitrogens with zero attached hydrogens (tertiary/aromatic N) is 1. The molecule has 0 bridgehead atoms. The minimum absolute atomic E-state index is 0.327. The Kier molecular flexibility index (Phi) is 5.30. The molecule has 1 aliphatic rings. The van der Waals surface area contributed by atoms with E-state index in [1.807, 2.05) is 13.8 Å². The van der Waals surface area contributed by atoms with Gasteiger partial charge in [-0.2, -0.15) is 0 Å². The van der Waals surface area contributed by atoms with E-state index < -0.39 is 23.7 Å². The number of aryl methyl sites for hydroxylation is 2. The predicted octanol–water partition coefficient (Wildman–Crippen LogP) is 2.53. The predicted molar refractivity (Wildman–Crippen MR) is 101 cm³/mol. The fraction of sp³-hybridized carbons (Fsp3) is 0.250. The number of aliphatic carboxylic acids is 1. The Morgan fingerprint density at radius 2 is 1.93 bits per heavy atom. The summed E-state index contributed by atoms with van der Waals surface area (Å²) in [4.78, 5) is 37.5. The van der Waals surface area contributed by atoms with Gasteiger partial charge in [-0.1, -0.05) is 18.2 Å². The summed E-state index contributed by atoms with van der Waals surface area (Å²) >= 11 is 0. The largest absolute Gasteiger partial charge is 0.479 e. The molecule has 1 aliphatic heterocycles. The molecule has 0 saturated carbocycles. The third-order valence-corrected chi connectivity index (χ3v) is 4.75. The van der Waals surface area contributed by atoms with E-state index in [-0.39, 0.29) is 11.6 Å². The standard InChI is InChI=1S/C20H20FN3O4/c1-11-3-4-13(9-12(11)2)17(19(26)27)23-18(25)15-10-14(5-6-16(15)21)24-8-7-22-20(24)28/h3-6,9-10,17H,7-8H2,1-2H3,(H,22,28)(H,23,25)(H,26,27). The fourth-order valence-corrected chi connectivity index (χ4v) is 3.01. The molecule has 1 unspecified atom stereocenters. The Balaban J connectivity index is 1.88. The lowest BCUT2D eigenvalue weighted by Crippen LogP contribution is -2.34. The molecule has 0 spiro atoms. The van der Waals surface area contributed by atoms with Crippen LogP contribution in [-0.4, -0.2) is 36.1 Å². The van der Waals surface area contributed by atoms with Crippen LogP contribution in [0.2, 0.25) is 0 Å². The lowest BCUT2D eigenvalue weighted by Gasteiger charge is -2.18.